The maximum Gasteiger partial charge on any atom is 0.237 e. The lowest BCUT2D eigenvalue weighted by molar-refractivity contribution is -0.129. The SMILES string of the molecule is COc1ccc(CNC(=O)CC[C@@H]2CNC(=O)[C@H]3C[C@@H](NCc4ccc(N(C)C)cc4)CN23)cc1. The van der Waals surface area contributed by atoms with E-state index in [2.05, 4.69) is 50.0 Å². The molecule has 0 spiro atoms. The number of carbonyl (C=O) groups is 2. The molecular weight excluding hydrogens is 442 g/mol. The van der Waals surface area contributed by atoms with Crippen LogP contribution in [-0.2, 0) is 22.7 Å². The minimum Gasteiger partial charge on any atom is -0.497 e. The molecule has 4 rings (SSSR count). The summed E-state index contributed by atoms with van der Waals surface area (Å²) in [5.41, 5.74) is 3.45. The van der Waals surface area contributed by atoms with Crippen molar-refractivity contribution in [3.63, 3.8) is 0 Å². The molecule has 3 N–H and O–H groups in total. The van der Waals surface area contributed by atoms with E-state index in [1.165, 1.54) is 11.3 Å². The zero-order valence-electron chi connectivity index (χ0n) is 20.9. The normalized spacial score (nSPS) is 21.8. The van der Waals surface area contributed by atoms with Crippen LogP contribution in [0.3, 0.4) is 0 Å². The number of carbonyl (C=O) groups excluding carboxylic acids is 2. The van der Waals surface area contributed by atoms with E-state index in [0.29, 0.717) is 19.5 Å². The van der Waals surface area contributed by atoms with E-state index in [1.807, 2.05) is 38.4 Å². The van der Waals surface area contributed by atoms with Crippen molar-refractivity contribution in [2.24, 2.45) is 0 Å². The molecule has 188 valence electrons. The van der Waals surface area contributed by atoms with Gasteiger partial charge < -0.3 is 25.6 Å². The van der Waals surface area contributed by atoms with E-state index in [0.717, 1.165) is 37.2 Å². The van der Waals surface area contributed by atoms with E-state index < -0.39 is 0 Å². The maximum atomic E-state index is 12.5. The van der Waals surface area contributed by atoms with Gasteiger partial charge in [0.25, 0.3) is 0 Å². The summed E-state index contributed by atoms with van der Waals surface area (Å²) in [5.74, 6) is 0.934. The molecule has 2 aliphatic heterocycles. The van der Waals surface area contributed by atoms with Crippen molar-refractivity contribution in [3.8, 4) is 5.75 Å². The first kappa shape index (κ1) is 25.0. The third-order valence-corrected chi connectivity index (χ3v) is 7.02. The molecular formula is C27H37N5O3. The molecule has 2 aliphatic rings. The number of methoxy groups -OCH3 is 1. The Morgan fingerprint density at radius 3 is 2.46 bits per heavy atom. The summed E-state index contributed by atoms with van der Waals surface area (Å²) in [4.78, 5) is 29.4. The number of benzene rings is 2. The van der Waals surface area contributed by atoms with Crippen LogP contribution >= 0.6 is 0 Å². The molecule has 2 aromatic carbocycles. The Labute approximate surface area is 208 Å². The van der Waals surface area contributed by atoms with Gasteiger partial charge >= 0.3 is 0 Å². The Morgan fingerprint density at radius 1 is 1.09 bits per heavy atom. The predicted octanol–water partition coefficient (Wildman–Crippen LogP) is 1.89. The summed E-state index contributed by atoms with van der Waals surface area (Å²) in [6.07, 6.45) is 1.96. The van der Waals surface area contributed by atoms with Crippen molar-refractivity contribution < 1.29 is 14.3 Å². The van der Waals surface area contributed by atoms with Gasteiger partial charge in [-0.1, -0.05) is 24.3 Å². The molecule has 2 saturated heterocycles. The van der Waals surface area contributed by atoms with Crippen LogP contribution in [0.1, 0.15) is 30.4 Å². The van der Waals surface area contributed by atoms with E-state index >= 15 is 0 Å². The Balaban J connectivity index is 1.24. The van der Waals surface area contributed by atoms with E-state index in [9.17, 15) is 9.59 Å². The van der Waals surface area contributed by atoms with Gasteiger partial charge in [0.15, 0.2) is 0 Å². The monoisotopic (exact) mass is 479 g/mol. The zero-order valence-corrected chi connectivity index (χ0v) is 20.9. The minimum absolute atomic E-state index is 0.0318. The second-order valence-electron chi connectivity index (χ2n) is 9.65. The smallest absolute Gasteiger partial charge is 0.237 e. The summed E-state index contributed by atoms with van der Waals surface area (Å²) in [5, 5.41) is 9.68. The Hall–Kier alpha value is -3.10. The molecule has 8 heteroatoms. The van der Waals surface area contributed by atoms with Gasteiger partial charge in [0.2, 0.25) is 11.8 Å². The van der Waals surface area contributed by atoms with Crippen molar-refractivity contribution >= 4 is 17.5 Å². The fourth-order valence-corrected chi connectivity index (χ4v) is 4.90. The highest BCUT2D eigenvalue weighted by atomic mass is 16.5. The fourth-order valence-electron chi connectivity index (χ4n) is 4.90. The van der Waals surface area contributed by atoms with Crippen LogP contribution in [0.25, 0.3) is 0 Å². The number of fused-ring (bicyclic) bond motifs is 1. The topological polar surface area (TPSA) is 85.9 Å². The highest BCUT2D eigenvalue weighted by Gasteiger charge is 2.43. The quantitative estimate of drug-likeness (QED) is 0.483. The second-order valence-corrected chi connectivity index (χ2v) is 9.65. The molecule has 2 amide bonds. The van der Waals surface area contributed by atoms with Crippen LogP contribution in [0.4, 0.5) is 5.69 Å². The maximum absolute atomic E-state index is 12.5. The van der Waals surface area contributed by atoms with Crippen molar-refractivity contribution in [1.82, 2.24) is 20.9 Å². The van der Waals surface area contributed by atoms with Gasteiger partial charge in [0, 0.05) is 64.5 Å². The van der Waals surface area contributed by atoms with Crippen LogP contribution in [0.5, 0.6) is 5.75 Å². The highest BCUT2D eigenvalue weighted by molar-refractivity contribution is 5.83. The average molecular weight is 480 g/mol. The van der Waals surface area contributed by atoms with Gasteiger partial charge in [-0.3, -0.25) is 14.5 Å². The summed E-state index contributed by atoms with van der Waals surface area (Å²) in [6.45, 7) is 2.70. The number of ether oxygens (including phenoxy) is 1. The van der Waals surface area contributed by atoms with Gasteiger partial charge in [-0.15, -0.1) is 0 Å². The molecule has 0 aromatic heterocycles. The first-order valence-electron chi connectivity index (χ1n) is 12.4. The molecule has 0 saturated carbocycles. The molecule has 0 bridgehead atoms. The van der Waals surface area contributed by atoms with Gasteiger partial charge in [-0.2, -0.15) is 0 Å². The van der Waals surface area contributed by atoms with Gasteiger partial charge in [-0.25, -0.2) is 0 Å². The van der Waals surface area contributed by atoms with E-state index in [-0.39, 0.29) is 29.9 Å². The molecule has 0 unspecified atom stereocenters. The average Bonchev–Trinajstić information content (AvgIpc) is 3.32. The van der Waals surface area contributed by atoms with Crippen LogP contribution in [-0.4, -0.2) is 69.1 Å². The number of amides is 2. The van der Waals surface area contributed by atoms with Crippen molar-refractivity contribution in [2.45, 2.75) is 50.5 Å². The molecule has 2 heterocycles. The Kier molecular flexibility index (Phi) is 8.25. The summed E-state index contributed by atoms with van der Waals surface area (Å²) in [7, 11) is 5.71. The van der Waals surface area contributed by atoms with E-state index in [1.54, 1.807) is 7.11 Å². The zero-order chi connectivity index (χ0) is 24.8. The number of piperazine rings is 1. The number of nitrogens with one attached hydrogen (secondary N) is 3. The standard InChI is InChI=1S/C27H37N5O3/c1-31(2)22-8-4-19(5-9-22)15-28-21-14-25-27(34)30-17-23(32(25)18-21)10-13-26(33)29-16-20-6-11-24(35-3)12-7-20/h4-9,11-12,21,23,25,28H,10,13-18H2,1-3H3,(H,29,33)(H,30,34)/t21-,23-,25-/m1/s1. The molecule has 2 fully saturated rings. The van der Waals surface area contributed by atoms with Crippen LogP contribution in [0.15, 0.2) is 48.5 Å². The first-order valence-corrected chi connectivity index (χ1v) is 12.4. The van der Waals surface area contributed by atoms with Crippen LogP contribution in [0.2, 0.25) is 0 Å². The third kappa shape index (κ3) is 6.52. The summed E-state index contributed by atoms with van der Waals surface area (Å²) in [6, 6.07) is 16.5. The van der Waals surface area contributed by atoms with Gasteiger partial charge in [0.05, 0.1) is 13.2 Å². The van der Waals surface area contributed by atoms with Gasteiger partial charge in [0.1, 0.15) is 5.75 Å². The number of hydrogen-bond donors (Lipinski definition) is 3. The molecule has 0 aliphatic carbocycles. The van der Waals surface area contributed by atoms with Crippen LogP contribution < -0.4 is 25.6 Å². The lowest BCUT2D eigenvalue weighted by Gasteiger charge is -2.37. The van der Waals surface area contributed by atoms with Crippen molar-refractivity contribution in [3.05, 3.63) is 59.7 Å². The summed E-state index contributed by atoms with van der Waals surface area (Å²) < 4.78 is 5.17. The Morgan fingerprint density at radius 2 is 1.77 bits per heavy atom. The molecule has 8 nitrogen and oxygen atoms in total. The third-order valence-electron chi connectivity index (χ3n) is 7.02. The fraction of sp³-hybridized carbons (Fsp3) is 0.481. The number of rotatable bonds is 10. The van der Waals surface area contributed by atoms with Gasteiger partial charge in [-0.05, 0) is 48.2 Å². The molecule has 35 heavy (non-hydrogen) atoms. The molecule has 0 radical (unpaired) electrons. The molecule has 2 aromatic rings. The lowest BCUT2D eigenvalue weighted by atomic mass is 10.0. The number of hydrogen-bond acceptors (Lipinski definition) is 6. The predicted molar refractivity (Wildman–Crippen MR) is 137 cm³/mol. The summed E-state index contributed by atoms with van der Waals surface area (Å²) >= 11 is 0. The molecule has 3 atom stereocenters. The second kappa shape index (κ2) is 11.6. The first-order chi connectivity index (χ1) is 16.9. The van der Waals surface area contributed by atoms with Crippen LogP contribution in [0, 0.1) is 0 Å². The van der Waals surface area contributed by atoms with Crippen molar-refractivity contribution in [1.29, 1.82) is 0 Å². The van der Waals surface area contributed by atoms with E-state index in [4.69, 9.17) is 4.74 Å². The van der Waals surface area contributed by atoms with Crippen molar-refractivity contribution in [2.75, 3.05) is 39.2 Å². The number of nitrogens with zero attached hydrogens (tertiary/aromatic N) is 2. The number of anilines is 1. The highest BCUT2D eigenvalue weighted by Crippen LogP contribution is 2.26. The lowest BCUT2D eigenvalue weighted by Crippen LogP contribution is -2.58. The minimum atomic E-state index is -0.121. The Bertz CT molecular complexity index is 993. The largest absolute Gasteiger partial charge is 0.497 e.